The fourth-order valence-electron chi connectivity index (χ4n) is 1.45. The monoisotopic (exact) mass is 384 g/mol. The summed E-state index contributed by atoms with van der Waals surface area (Å²) in [5.41, 5.74) is 3.54. The second-order valence-corrected chi connectivity index (χ2v) is 5.33. The summed E-state index contributed by atoms with van der Waals surface area (Å²) in [6.45, 7) is 0. The van der Waals surface area contributed by atoms with Gasteiger partial charge in [0.1, 0.15) is 5.82 Å². The van der Waals surface area contributed by atoms with Crippen molar-refractivity contribution in [3.05, 3.63) is 51.0 Å². The Morgan fingerprint density at radius 2 is 1.89 bits per heavy atom. The van der Waals surface area contributed by atoms with Crippen molar-refractivity contribution in [1.82, 2.24) is 4.98 Å². The SMILES string of the molecule is NNc1cc(C(=O)Nc2c(Br)cccc2Br)ccn1. The highest BCUT2D eigenvalue weighted by molar-refractivity contribution is 9.11. The smallest absolute Gasteiger partial charge is 0.255 e. The zero-order valence-corrected chi connectivity index (χ0v) is 12.8. The first-order chi connectivity index (χ1) is 9.11. The van der Waals surface area contributed by atoms with Crippen LogP contribution in [-0.4, -0.2) is 10.9 Å². The van der Waals surface area contributed by atoms with Crippen LogP contribution in [0.15, 0.2) is 45.5 Å². The number of carbonyl (C=O) groups excluding carboxylic acids is 1. The fraction of sp³-hybridized carbons (Fsp3) is 0. The van der Waals surface area contributed by atoms with Gasteiger partial charge in [-0.15, -0.1) is 0 Å². The minimum atomic E-state index is -0.244. The Morgan fingerprint density at radius 3 is 2.53 bits per heavy atom. The summed E-state index contributed by atoms with van der Waals surface area (Å²) in [5, 5.41) is 2.82. The average Bonchev–Trinajstić information content (AvgIpc) is 2.43. The summed E-state index contributed by atoms with van der Waals surface area (Å²) in [4.78, 5) is 16.1. The highest BCUT2D eigenvalue weighted by Crippen LogP contribution is 2.30. The number of hydrogen-bond donors (Lipinski definition) is 3. The number of hydrogen-bond acceptors (Lipinski definition) is 4. The van der Waals surface area contributed by atoms with Crippen LogP contribution in [0, 0.1) is 0 Å². The van der Waals surface area contributed by atoms with E-state index in [1.165, 1.54) is 6.20 Å². The molecule has 7 heteroatoms. The lowest BCUT2D eigenvalue weighted by Gasteiger charge is -2.10. The molecule has 0 aliphatic heterocycles. The summed E-state index contributed by atoms with van der Waals surface area (Å²) in [7, 11) is 0. The number of carbonyl (C=O) groups is 1. The van der Waals surface area contributed by atoms with Crippen LogP contribution in [0.2, 0.25) is 0 Å². The van der Waals surface area contributed by atoms with Crippen LogP contribution in [0.4, 0.5) is 11.5 Å². The molecule has 0 saturated carbocycles. The lowest BCUT2D eigenvalue weighted by molar-refractivity contribution is 0.102. The van der Waals surface area contributed by atoms with Gasteiger partial charge in [0.25, 0.3) is 5.91 Å². The minimum Gasteiger partial charge on any atom is -0.320 e. The molecule has 2 aromatic rings. The number of halogens is 2. The molecule has 4 N–H and O–H groups in total. The standard InChI is InChI=1S/C12H10Br2N4O/c13-8-2-1-3-9(14)11(8)17-12(19)7-4-5-16-10(6-7)18-15/h1-6H,15H2,(H,16,18)(H,17,19). The second-order valence-electron chi connectivity index (χ2n) is 3.62. The number of para-hydroxylation sites is 1. The number of aromatic nitrogens is 1. The van der Waals surface area contributed by atoms with E-state index in [2.05, 4.69) is 47.6 Å². The Labute approximate surface area is 126 Å². The van der Waals surface area contributed by atoms with E-state index >= 15 is 0 Å². The van der Waals surface area contributed by atoms with E-state index in [1.54, 1.807) is 12.1 Å². The lowest BCUT2D eigenvalue weighted by Crippen LogP contribution is -2.14. The maximum Gasteiger partial charge on any atom is 0.255 e. The van der Waals surface area contributed by atoms with Gasteiger partial charge in [-0.25, -0.2) is 10.8 Å². The summed E-state index contributed by atoms with van der Waals surface area (Å²) in [6.07, 6.45) is 1.51. The second kappa shape index (κ2) is 6.14. The predicted molar refractivity (Wildman–Crippen MR) is 81.8 cm³/mol. The minimum absolute atomic E-state index is 0.244. The van der Waals surface area contributed by atoms with Gasteiger partial charge in [0.15, 0.2) is 0 Å². The first-order valence-corrected chi connectivity index (χ1v) is 6.88. The van der Waals surface area contributed by atoms with Crippen LogP contribution in [0.5, 0.6) is 0 Å². The molecule has 0 saturated heterocycles. The third kappa shape index (κ3) is 3.31. The van der Waals surface area contributed by atoms with Gasteiger partial charge < -0.3 is 10.7 Å². The van der Waals surface area contributed by atoms with E-state index in [-0.39, 0.29) is 5.91 Å². The third-order valence-electron chi connectivity index (χ3n) is 2.37. The average molecular weight is 386 g/mol. The molecule has 0 radical (unpaired) electrons. The number of hydrazine groups is 1. The normalized spacial score (nSPS) is 10.1. The summed E-state index contributed by atoms with van der Waals surface area (Å²) < 4.78 is 1.59. The van der Waals surface area contributed by atoms with Crippen molar-refractivity contribution in [3.8, 4) is 0 Å². The van der Waals surface area contributed by atoms with E-state index < -0.39 is 0 Å². The Kier molecular flexibility index (Phi) is 4.52. The number of rotatable bonds is 3. The summed E-state index contributed by atoms with van der Waals surface area (Å²) in [6, 6.07) is 8.74. The van der Waals surface area contributed by atoms with Crippen molar-refractivity contribution in [2.75, 3.05) is 10.7 Å². The van der Waals surface area contributed by atoms with Crippen LogP contribution in [0.3, 0.4) is 0 Å². The topological polar surface area (TPSA) is 80.0 Å². The van der Waals surface area contributed by atoms with Crippen molar-refractivity contribution >= 4 is 49.3 Å². The van der Waals surface area contributed by atoms with Gasteiger partial charge in [-0.3, -0.25) is 4.79 Å². The maximum atomic E-state index is 12.1. The van der Waals surface area contributed by atoms with Gasteiger partial charge in [0, 0.05) is 20.7 Å². The van der Waals surface area contributed by atoms with Crippen molar-refractivity contribution in [2.45, 2.75) is 0 Å². The lowest BCUT2D eigenvalue weighted by atomic mass is 10.2. The third-order valence-corrected chi connectivity index (χ3v) is 3.69. The molecule has 0 bridgehead atoms. The molecule has 19 heavy (non-hydrogen) atoms. The number of nitrogens with one attached hydrogen (secondary N) is 2. The van der Waals surface area contributed by atoms with Crippen molar-refractivity contribution in [3.63, 3.8) is 0 Å². The van der Waals surface area contributed by atoms with Crippen LogP contribution < -0.4 is 16.6 Å². The van der Waals surface area contributed by atoms with Gasteiger partial charge in [0.05, 0.1) is 5.69 Å². The van der Waals surface area contributed by atoms with Gasteiger partial charge in [0.2, 0.25) is 0 Å². The van der Waals surface area contributed by atoms with Gasteiger partial charge in [-0.2, -0.15) is 0 Å². The van der Waals surface area contributed by atoms with Crippen molar-refractivity contribution < 1.29 is 4.79 Å². The molecular formula is C12H10Br2N4O. The molecule has 0 atom stereocenters. The van der Waals surface area contributed by atoms with Crippen molar-refractivity contribution in [2.24, 2.45) is 5.84 Å². The van der Waals surface area contributed by atoms with E-state index in [0.717, 1.165) is 8.95 Å². The zero-order valence-electron chi connectivity index (χ0n) is 9.65. The molecule has 0 fully saturated rings. The van der Waals surface area contributed by atoms with Crippen LogP contribution >= 0.6 is 31.9 Å². The molecule has 98 valence electrons. The summed E-state index contributed by atoms with van der Waals surface area (Å²) in [5.74, 6) is 5.45. The first kappa shape index (κ1) is 14.0. The maximum absolute atomic E-state index is 12.1. The highest BCUT2D eigenvalue weighted by atomic mass is 79.9. The number of nitrogen functional groups attached to an aromatic ring is 1. The van der Waals surface area contributed by atoms with E-state index in [4.69, 9.17) is 5.84 Å². The fourth-order valence-corrected chi connectivity index (χ4v) is 2.65. The Hall–Kier alpha value is -1.44. The predicted octanol–water partition coefficient (Wildman–Crippen LogP) is 3.14. The van der Waals surface area contributed by atoms with Gasteiger partial charge >= 0.3 is 0 Å². The zero-order chi connectivity index (χ0) is 13.8. The van der Waals surface area contributed by atoms with Crippen LogP contribution in [0.25, 0.3) is 0 Å². The molecule has 0 aliphatic rings. The highest BCUT2D eigenvalue weighted by Gasteiger charge is 2.11. The molecular weight excluding hydrogens is 376 g/mol. The largest absolute Gasteiger partial charge is 0.320 e. The molecule has 0 spiro atoms. The quantitative estimate of drug-likeness (QED) is 0.560. The number of nitrogens with two attached hydrogens (primary N) is 1. The molecule has 1 amide bonds. The van der Waals surface area contributed by atoms with Crippen LogP contribution in [0.1, 0.15) is 10.4 Å². The number of amides is 1. The Morgan fingerprint density at radius 1 is 1.21 bits per heavy atom. The molecule has 2 rings (SSSR count). The molecule has 5 nitrogen and oxygen atoms in total. The van der Waals surface area contributed by atoms with E-state index in [0.29, 0.717) is 17.1 Å². The number of anilines is 2. The number of pyridine rings is 1. The van der Waals surface area contributed by atoms with Gasteiger partial charge in [-0.05, 0) is 56.1 Å². The molecule has 0 aliphatic carbocycles. The molecule has 0 unspecified atom stereocenters. The Bertz CT molecular complexity index is 598. The van der Waals surface area contributed by atoms with Crippen LogP contribution in [-0.2, 0) is 0 Å². The number of benzene rings is 1. The Balaban J connectivity index is 2.25. The molecule has 1 aromatic heterocycles. The summed E-state index contributed by atoms with van der Waals surface area (Å²) >= 11 is 6.77. The van der Waals surface area contributed by atoms with E-state index in [9.17, 15) is 4.79 Å². The van der Waals surface area contributed by atoms with E-state index in [1.807, 2.05) is 18.2 Å². The van der Waals surface area contributed by atoms with Crippen molar-refractivity contribution in [1.29, 1.82) is 0 Å². The first-order valence-electron chi connectivity index (χ1n) is 5.30. The van der Waals surface area contributed by atoms with Gasteiger partial charge in [-0.1, -0.05) is 6.07 Å². The number of nitrogens with zero attached hydrogens (tertiary/aromatic N) is 1. The molecule has 1 heterocycles. The molecule has 1 aromatic carbocycles.